The Bertz CT molecular complexity index is 415. The first-order valence-corrected chi connectivity index (χ1v) is 4.68. The number of aromatic nitrogens is 1. The Morgan fingerprint density at radius 1 is 1.31 bits per heavy atom. The summed E-state index contributed by atoms with van der Waals surface area (Å²) in [6.07, 6.45) is 2.15. The van der Waals surface area contributed by atoms with Gasteiger partial charge in [0, 0.05) is 16.6 Å². The average Bonchev–Trinajstić information content (AvgIpc) is 2.46. The molecule has 0 saturated carbocycles. The van der Waals surface area contributed by atoms with Crippen LogP contribution in [0.4, 0.5) is 5.69 Å². The van der Waals surface area contributed by atoms with Crippen molar-refractivity contribution >= 4 is 16.6 Å². The van der Waals surface area contributed by atoms with E-state index in [1.807, 2.05) is 12.1 Å². The summed E-state index contributed by atoms with van der Waals surface area (Å²) in [5, 5.41) is 1.14. The van der Waals surface area contributed by atoms with Gasteiger partial charge < -0.3 is 10.7 Å². The highest BCUT2D eigenvalue weighted by atomic mass is 14.8. The number of anilines is 1. The Morgan fingerprint density at radius 3 is 2.77 bits per heavy atom. The van der Waals surface area contributed by atoms with Gasteiger partial charge in [0.2, 0.25) is 0 Å². The Morgan fingerprint density at radius 2 is 2.08 bits per heavy atom. The van der Waals surface area contributed by atoms with Gasteiger partial charge in [-0.15, -0.1) is 0 Å². The van der Waals surface area contributed by atoms with Crippen LogP contribution >= 0.6 is 0 Å². The van der Waals surface area contributed by atoms with E-state index in [1.165, 1.54) is 5.69 Å². The zero-order valence-corrected chi connectivity index (χ0v) is 7.80. The molecule has 0 aliphatic carbocycles. The molecule has 0 atom stereocenters. The maximum atomic E-state index is 5.99. The van der Waals surface area contributed by atoms with Crippen molar-refractivity contribution in [2.45, 2.75) is 19.8 Å². The van der Waals surface area contributed by atoms with Gasteiger partial charge in [0.15, 0.2) is 0 Å². The molecule has 0 amide bonds. The fourth-order valence-electron chi connectivity index (χ4n) is 1.67. The van der Waals surface area contributed by atoms with Crippen molar-refractivity contribution < 1.29 is 0 Å². The maximum Gasteiger partial charge on any atom is 0.0605 e. The van der Waals surface area contributed by atoms with Crippen LogP contribution in [0.2, 0.25) is 0 Å². The molecule has 0 bridgehead atoms. The number of fused-ring (bicyclic) bond motifs is 1. The van der Waals surface area contributed by atoms with Gasteiger partial charge in [-0.25, -0.2) is 0 Å². The third kappa shape index (κ3) is 1.28. The number of nitrogen functional groups attached to an aromatic ring is 1. The highest BCUT2D eigenvalue weighted by Gasteiger charge is 2.05. The monoisotopic (exact) mass is 174 g/mol. The topological polar surface area (TPSA) is 41.8 Å². The van der Waals surface area contributed by atoms with Crippen molar-refractivity contribution in [1.82, 2.24) is 4.98 Å². The molecule has 0 aliphatic rings. The van der Waals surface area contributed by atoms with Crippen molar-refractivity contribution in [2.75, 3.05) is 5.73 Å². The summed E-state index contributed by atoms with van der Waals surface area (Å²) in [5.74, 6) is 0. The van der Waals surface area contributed by atoms with Crippen LogP contribution in [0.5, 0.6) is 0 Å². The summed E-state index contributed by atoms with van der Waals surface area (Å²) in [6, 6.07) is 8.15. The zero-order chi connectivity index (χ0) is 9.26. The van der Waals surface area contributed by atoms with Gasteiger partial charge in [-0.05, 0) is 12.5 Å². The highest BCUT2D eigenvalue weighted by Crippen LogP contribution is 2.24. The van der Waals surface area contributed by atoms with Gasteiger partial charge in [0.1, 0.15) is 0 Å². The molecule has 0 saturated heterocycles. The Kier molecular flexibility index (Phi) is 1.97. The zero-order valence-electron chi connectivity index (χ0n) is 7.80. The lowest BCUT2D eigenvalue weighted by molar-refractivity contribution is 0.898. The summed E-state index contributed by atoms with van der Waals surface area (Å²) < 4.78 is 0. The minimum absolute atomic E-state index is 0.914. The third-order valence-electron chi connectivity index (χ3n) is 2.33. The van der Waals surface area contributed by atoms with E-state index in [0.717, 1.165) is 29.4 Å². The molecule has 3 N–H and O–H groups in total. The van der Waals surface area contributed by atoms with E-state index in [0.29, 0.717) is 0 Å². The van der Waals surface area contributed by atoms with Crippen molar-refractivity contribution in [3.63, 3.8) is 0 Å². The van der Waals surface area contributed by atoms with Crippen LogP contribution in [-0.2, 0) is 6.42 Å². The van der Waals surface area contributed by atoms with E-state index in [4.69, 9.17) is 5.73 Å². The SMILES string of the molecule is CCCc1[nH]c2ccccc2c1N. The fourth-order valence-corrected chi connectivity index (χ4v) is 1.67. The quantitative estimate of drug-likeness (QED) is 0.722. The number of nitrogens with two attached hydrogens (primary N) is 1. The van der Waals surface area contributed by atoms with Gasteiger partial charge in [0.05, 0.1) is 5.69 Å². The first-order chi connectivity index (χ1) is 6.33. The van der Waals surface area contributed by atoms with Crippen LogP contribution in [-0.4, -0.2) is 4.98 Å². The molecule has 2 heteroatoms. The number of rotatable bonds is 2. The molecule has 2 rings (SSSR count). The maximum absolute atomic E-state index is 5.99. The van der Waals surface area contributed by atoms with Gasteiger partial charge in [-0.1, -0.05) is 31.5 Å². The normalized spacial score (nSPS) is 10.8. The molecule has 1 aromatic heterocycles. The van der Waals surface area contributed by atoms with E-state index < -0.39 is 0 Å². The number of hydrogen-bond acceptors (Lipinski definition) is 1. The Labute approximate surface area is 77.8 Å². The molecule has 0 fully saturated rings. The van der Waals surface area contributed by atoms with E-state index in [9.17, 15) is 0 Å². The van der Waals surface area contributed by atoms with Gasteiger partial charge in [-0.3, -0.25) is 0 Å². The fraction of sp³-hybridized carbons (Fsp3) is 0.273. The number of para-hydroxylation sites is 1. The second-order valence-electron chi connectivity index (χ2n) is 3.31. The van der Waals surface area contributed by atoms with Crippen LogP contribution in [0.1, 0.15) is 19.0 Å². The molecular formula is C11H14N2. The molecule has 0 unspecified atom stereocenters. The number of hydrogen-bond donors (Lipinski definition) is 2. The Balaban J connectivity index is 2.60. The molecular weight excluding hydrogens is 160 g/mol. The summed E-state index contributed by atoms with van der Waals surface area (Å²) in [5.41, 5.74) is 9.22. The van der Waals surface area contributed by atoms with Crippen molar-refractivity contribution in [1.29, 1.82) is 0 Å². The molecule has 1 aromatic carbocycles. The van der Waals surface area contributed by atoms with Crippen molar-refractivity contribution in [3.8, 4) is 0 Å². The Hall–Kier alpha value is -1.44. The van der Waals surface area contributed by atoms with Crippen LogP contribution in [0.3, 0.4) is 0 Å². The molecule has 2 aromatic rings. The molecule has 0 aliphatic heterocycles. The summed E-state index contributed by atoms with van der Waals surface area (Å²) in [6.45, 7) is 2.16. The van der Waals surface area contributed by atoms with E-state index in [1.54, 1.807) is 0 Å². The van der Waals surface area contributed by atoms with Crippen molar-refractivity contribution in [2.24, 2.45) is 0 Å². The van der Waals surface area contributed by atoms with Gasteiger partial charge >= 0.3 is 0 Å². The minimum atomic E-state index is 0.914. The lowest BCUT2D eigenvalue weighted by Gasteiger charge is -1.94. The predicted molar refractivity (Wildman–Crippen MR) is 56.7 cm³/mol. The van der Waals surface area contributed by atoms with Gasteiger partial charge in [0.25, 0.3) is 0 Å². The van der Waals surface area contributed by atoms with E-state index in [2.05, 4.69) is 24.0 Å². The predicted octanol–water partition coefficient (Wildman–Crippen LogP) is 2.70. The van der Waals surface area contributed by atoms with Crippen LogP contribution < -0.4 is 5.73 Å². The molecule has 68 valence electrons. The smallest absolute Gasteiger partial charge is 0.0605 e. The second kappa shape index (κ2) is 3.13. The number of aromatic amines is 1. The lowest BCUT2D eigenvalue weighted by Crippen LogP contribution is -1.90. The average molecular weight is 174 g/mol. The van der Waals surface area contributed by atoms with Crippen LogP contribution in [0, 0.1) is 0 Å². The number of H-pyrrole nitrogens is 1. The molecule has 0 spiro atoms. The van der Waals surface area contributed by atoms with Crippen molar-refractivity contribution in [3.05, 3.63) is 30.0 Å². The number of benzene rings is 1. The third-order valence-corrected chi connectivity index (χ3v) is 2.33. The first-order valence-electron chi connectivity index (χ1n) is 4.68. The highest BCUT2D eigenvalue weighted by molar-refractivity contribution is 5.93. The van der Waals surface area contributed by atoms with Crippen LogP contribution in [0.15, 0.2) is 24.3 Å². The minimum Gasteiger partial charge on any atom is -0.397 e. The van der Waals surface area contributed by atoms with Crippen LogP contribution in [0.25, 0.3) is 10.9 Å². The number of nitrogens with one attached hydrogen (secondary N) is 1. The molecule has 1 heterocycles. The standard InChI is InChI=1S/C11H14N2/c1-2-5-10-11(12)8-6-3-4-7-9(8)13-10/h3-4,6-7,13H,2,5,12H2,1H3. The summed E-state index contributed by atoms with van der Waals surface area (Å²) >= 11 is 0. The van der Waals surface area contributed by atoms with Gasteiger partial charge in [-0.2, -0.15) is 0 Å². The summed E-state index contributed by atoms with van der Waals surface area (Å²) in [4.78, 5) is 3.34. The number of aryl methyl sites for hydroxylation is 1. The molecule has 13 heavy (non-hydrogen) atoms. The first kappa shape index (κ1) is 8.17. The molecule has 0 radical (unpaired) electrons. The lowest BCUT2D eigenvalue weighted by atomic mass is 10.2. The molecule has 2 nitrogen and oxygen atoms in total. The van der Waals surface area contributed by atoms with E-state index in [-0.39, 0.29) is 0 Å². The summed E-state index contributed by atoms with van der Waals surface area (Å²) in [7, 11) is 0. The second-order valence-corrected chi connectivity index (χ2v) is 3.31. The van der Waals surface area contributed by atoms with E-state index >= 15 is 0 Å². The largest absolute Gasteiger partial charge is 0.397 e.